The molecule has 2 rings (SSSR count). The molecule has 0 aromatic heterocycles. The number of carbonyl (C=O) groups is 1. The van der Waals surface area contributed by atoms with Gasteiger partial charge in [0, 0.05) is 24.3 Å². The fourth-order valence-corrected chi connectivity index (χ4v) is 1.93. The molecule has 0 aliphatic rings. The molecule has 0 bridgehead atoms. The molecular weight excluding hydrogens is 328 g/mol. The van der Waals surface area contributed by atoms with Gasteiger partial charge in [0.2, 0.25) is 5.78 Å². The maximum Gasteiger partial charge on any atom is 0.311 e. The zero-order chi connectivity index (χ0) is 18.2. The minimum atomic E-state index is -1.18. The van der Waals surface area contributed by atoms with Crippen LogP contribution in [0.5, 0.6) is 23.0 Å². The molecule has 124 valence electrons. The van der Waals surface area contributed by atoms with Crippen LogP contribution in [0.4, 0.5) is 11.4 Å². The highest BCUT2D eigenvalue weighted by molar-refractivity contribution is 6.13. The van der Waals surface area contributed by atoms with Crippen LogP contribution in [-0.4, -0.2) is 36.1 Å². The number of hydrogen-bond donors (Lipinski definition) is 4. The van der Waals surface area contributed by atoms with E-state index in [2.05, 4.69) is 0 Å². The maximum absolute atomic E-state index is 12.3. The van der Waals surface area contributed by atoms with Crippen LogP contribution in [0.25, 0.3) is 0 Å². The number of aromatic hydroxyl groups is 4. The van der Waals surface area contributed by atoms with Crippen LogP contribution >= 0.6 is 0 Å². The van der Waals surface area contributed by atoms with Crippen molar-refractivity contribution in [3.05, 3.63) is 55.6 Å². The third-order valence-electron chi connectivity index (χ3n) is 3.07. The lowest BCUT2D eigenvalue weighted by atomic mass is 9.99. The molecule has 4 N–H and O–H groups in total. The van der Waals surface area contributed by atoms with Gasteiger partial charge in [0.05, 0.1) is 21.0 Å². The molecule has 0 saturated heterocycles. The number of rotatable bonds is 4. The Bertz CT molecular complexity index is 820. The lowest BCUT2D eigenvalue weighted by molar-refractivity contribution is -0.386. The van der Waals surface area contributed by atoms with Crippen molar-refractivity contribution in [2.24, 2.45) is 0 Å². The van der Waals surface area contributed by atoms with E-state index in [0.717, 1.165) is 0 Å². The van der Waals surface area contributed by atoms with Crippen LogP contribution < -0.4 is 0 Å². The van der Waals surface area contributed by atoms with E-state index in [4.69, 9.17) is 0 Å². The van der Waals surface area contributed by atoms with Gasteiger partial charge in [0.15, 0.2) is 11.5 Å². The molecule has 0 aliphatic heterocycles. The second kappa shape index (κ2) is 5.72. The van der Waals surface area contributed by atoms with E-state index >= 15 is 0 Å². The number of phenols is 4. The lowest BCUT2D eigenvalue weighted by Crippen LogP contribution is -2.04. The topological polar surface area (TPSA) is 184 Å². The Labute approximate surface area is 131 Å². The van der Waals surface area contributed by atoms with Crippen molar-refractivity contribution in [3.63, 3.8) is 0 Å². The number of nitro benzene ring substituents is 2. The molecule has 0 amide bonds. The Balaban J connectivity index is 2.65. The Kier molecular flexibility index (Phi) is 3.93. The summed E-state index contributed by atoms with van der Waals surface area (Å²) in [7, 11) is 0. The normalized spacial score (nSPS) is 10.3. The minimum absolute atomic E-state index is 0.553. The summed E-state index contributed by atoms with van der Waals surface area (Å²) in [6.45, 7) is 0. The van der Waals surface area contributed by atoms with Gasteiger partial charge in [0.25, 0.3) is 0 Å². The largest absolute Gasteiger partial charge is 0.507 e. The molecule has 0 spiro atoms. The third-order valence-corrected chi connectivity index (χ3v) is 3.07. The summed E-state index contributed by atoms with van der Waals surface area (Å²) < 4.78 is 0. The first-order chi connectivity index (χ1) is 11.1. The average molecular weight is 336 g/mol. The summed E-state index contributed by atoms with van der Waals surface area (Å²) in [5, 5.41) is 59.7. The highest BCUT2D eigenvalue weighted by Crippen LogP contribution is 2.38. The first-order valence-corrected chi connectivity index (χ1v) is 6.09. The SMILES string of the molecule is O=C(c1cc([N+](=O)[O-])c(O)cc1O)c1cc([N+](=O)[O-])c(O)cc1O. The van der Waals surface area contributed by atoms with Gasteiger partial charge in [-0.05, 0) is 0 Å². The molecule has 11 heteroatoms. The van der Waals surface area contributed by atoms with Gasteiger partial charge in [-0.25, -0.2) is 0 Å². The Morgan fingerprint density at radius 3 is 1.33 bits per heavy atom. The van der Waals surface area contributed by atoms with Gasteiger partial charge in [-0.2, -0.15) is 0 Å². The monoisotopic (exact) mass is 336 g/mol. The molecular formula is C13H8N2O9. The van der Waals surface area contributed by atoms with E-state index in [1.807, 2.05) is 0 Å². The molecule has 0 atom stereocenters. The summed E-state index contributed by atoms with van der Waals surface area (Å²) >= 11 is 0. The first kappa shape index (κ1) is 16.5. The lowest BCUT2D eigenvalue weighted by Gasteiger charge is -2.07. The van der Waals surface area contributed by atoms with Crippen molar-refractivity contribution in [1.29, 1.82) is 0 Å². The number of nitrogens with zero attached hydrogens (tertiary/aromatic N) is 2. The fraction of sp³-hybridized carbons (Fsp3) is 0. The predicted octanol–water partition coefficient (Wildman–Crippen LogP) is 1.56. The molecule has 0 heterocycles. The van der Waals surface area contributed by atoms with Crippen LogP contribution in [0, 0.1) is 20.2 Å². The van der Waals surface area contributed by atoms with Gasteiger partial charge < -0.3 is 20.4 Å². The molecule has 2 aromatic carbocycles. The second-order valence-electron chi connectivity index (χ2n) is 4.56. The van der Waals surface area contributed by atoms with Crippen LogP contribution in [0.15, 0.2) is 24.3 Å². The molecule has 0 radical (unpaired) electrons. The van der Waals surface area contributed by atoms with Gasteiger partial charge >= 0.3 is 11.4 Å². The van der Waals surface area contributed by atoms with E-state index in [-0.39, 0.29) is 0 Å². The molecule has 0 unspecified atom stereocenters. The Hall–Kier alpha value is -3.89. The van der Waals surface area contributed by atoms with Gasteiger partial charge in [-0.1, -0.05) is 0 Å². The number of phenolic OH excluding ortho intramolecular Hbond substituents is 4. The van der Waals surface area contributed by atoms with E-state index in [0.29, 0.717) is 24.3 Å². The molecule has 0 fully saturated rings. The van der Waals surface area contributed by atoms with E-state index in [1.54, 1.807) is 0 Å². The van der Waals surface area contributed by atoms with Gasteiger partial charge in [-0.15, -0.1) is 0 Å². The summed E-state index contributed by atoms with van der Waals surface area (Å²) in [4.78, 5) is 31.9. The van der Waals surface area contributed by atoms with Crippen LogP contribution in [0.3, 0.4) is 0 Å². The first-order valence-electron chi connectivity index (χ1n) is 6.09. The third kappa shape index (κ3) is 2.72. The Morgan fingerprint density at radius 2 is 1.04 bits per heavy atom. The van der Waals surface area contributed by atoms with Crippen molar-refractivity contribution in [1.82, 2.24) is 0 Å². The molecule has 0 saturated carbocycles. The fourth-order valence-electron chi connectivity index (χ4n) is 1.93. The van der Waals surface area contributed by atoms with Crippen LogP contribution in [0.2, 0.25) is 0 Å². The summed E-state index contributed by atoms with van der Waals surface area (Å²) in [5.74, 6) is -4.64. The quantitative estimate of drug-likeness (QED) is 0.365. The van der Waals surface area contributed by atoms with Crippen molar-refractivity contribution in [2.75, 3.05) is 0 Å². The zero-order valence-electron chi connectivity index (χ0n) is 11.5. The molecule has 11 nitrogen and oxygen atoms in total. The molecule has 0 aliphatic carbocycles. The van der Waals surface area contributed by atoms with Crippen molar-refractivity contribution < 1.29 is 35.1 Å². The number of hydrogen-bond acceptors (Lipinski definition) is 9. The van der Waals surface area contributed by atoms with E-state index in [1.165, 1.54) is 0 Å². The number of carbonyl (C=O) groups excluding carboxylic acids is 1. The standard InChI is InChI=1S/C13H8N2O9/c16-9-3-11(18)7(14(21)22)1-5(9)13(20)6-2-8(15(23)24)12(19)4-10(6)17/h1-4,16-19H. The zero-order valence-corrected chi connectivity index (χ0v) is 11.5. The smallest absolute Gasteiger partial charge is 0.311 e. The van der Waals surface area contributed by atoms with Crippen molar-refractivity contribution in [3.8, 4) is 23.0 Å². The van der Waals surface area contributed by atoms with Crippen LogP contribution in [0.1, 0.15) is 15.9 Å². The molecule has 24 heavy (non-hydrogen) atoms. The molecule has 2 aromatic rings. The highest BCUT2D eigenvalue weighted by Gasteiger charge is 2.27. The number of nitro groups is 2. The number of ketones is 1. The maximum atomic E-state index is 12.3. The van der Waals surface area contributed by atoms with Crippen LogP contribution in [-0.2, 0) is 0 Å². The van der Waals surface area contributed by atoms with E-state index < -0.39 is 61.1 Å². The average Bonchev–Trinajstić information content (AvgIpc) is 2.45. The van der Waals surface area contributed by atoms with Gasteiger partial charge in [0.1, 0.15) is 11.5 Å². The van der Waals surface area contributed by atoms with Crippen molar-refractivity contribution >= 4 is 17.2 Å². The minimum Gasteiger partial charge on any atom is -0.507 e. The van der Waals surface area contributed by atoms with Crippen molar-refractivity contribution in [2.45, 2.75) is 0 Å². The summed E-state index contributed by atoms with van der Waals surface area (Å²) in [6, 6.07) is 2.23. The van der Waals surface area contributed by atoms with E-state index in [9.17, 15) is 45.4 Å². The highest BCUT2D eigenvalue weighted by atomic mass is 16.6. The summed E-state index contributed by atoms with van der Waals surface area (Å²) in [6.07, 6.45) is 0. The Morgan fingerprint density at radius 1 is 0.708 bits per heavy atom. The predicted molar refractivity (Wildman–Crippen MR) is 76.3 cm³/mol. The number of benzene rings is 2. The van der Waals surface area contributed by atoms with Gasteiger partial charge in [-0.3, -0.25) is 25.0 Å². The summed E-state index contributed by atoms with van der Waals surface area (Å²) in [5.41, 5.74) is -3.11. The second-order valence-corrected chi connectivity index (χ2v) is 4.56.